The molecule has 0 bridgehead atoms. The molecule has 2 aliphatic heterocycles. The summed E-state index contributed by atoms with van der Waals surface area (Å²) in [5.41, 5.74) is 2.97. The molecule has 7 nitrogen and oxygen atoms in total. The van der Waals surface area contributed by atoms with Crippen molar-refractivity contribution < 1.29 is 14.3 Å². The minimum absolute atomic E-state index is 0.0726. The standard InChI is InChI=1S/C23H28N4O3/c1-15-20-9-10-21(29)27(13-17-6-4-8-19(12-17)30-3)23(20)25-22(24-15)18-7-5-11-26(14-18)16(2)28/h4,6,8,12,18H,5,7,9-11,13-14H2,1-3H3. The second-order valence-electron chi connectivity index (χ2n) is 8.10. The van der Waals surface area contributed by atoms with E-state index >= 15 is 0 Å². The van der Waals surface area contributed by atoms with Crippen LogP contribution in [0.5, 0.6) is 5.75 Å². The predicted molar refractivity (Wildman–Crippen MR) is 114 cm³/mol. The number of fused-ring (bicyclic) bond motifs is 1. The fraction of sp³-hybridized carbons (Fsp3) is 0.478. The van der Waals surface area contributed by atoms with Crippen molar-refractivity contribution >= 4 is 17.6 Å². The number of nitrogens with zero attached hydrogens (tertiary/aromatic N) is 4. The maximum Gasteiger partial charge on any atom is 0.228 e. The molecule has 3 heterocycles. The van der Waals surface area contributed by atoms with E-state index in [4.69, 9.17) is 14.7 Å². The highest BCUT2D eigenvalue weighted by atomic mass is 16.5. The molecule has 2 aliphatic rings. The summed E-state index contributed by atoms with van der Waals surface area (Å²) < 4.78 is 5.33. The number of anilines is 1. The van der Waals surface area contributed by atoms with E-state index < -0.39 is 0 Å². The first kappa shape index (κ1) is 20.3. The summed E-state index contributed by atoms with van der Waals surface area (Å²) in [6, 6.07) is 7.76. The molecule has 0 radical (unpaired) electrons. The van der Waals surface area contributed by atoms with Gasteiger partial charge in [0.1, 0.15) is 17.4 Å². The Morgan fingerprint density at radius 2 is 2.10 bits per heavy atom. The summed E-state index contributed by atoms with van der Waals surface area (Å²) in [4.78, 5) is 38.0. The Morgan fingerprint density at radius 3 is 2.87 bits per heavy atom. The zero-order valence-electron chi connectivity index (χ0n) is 17.9. The minimum Gasteiger partial charge on any atom is -0.497 e. The fourth-order valence-electron chi connectivity index (χ4n) is 4.38. The Kier molecular flexibility index (Phi) is 5.70. The summed E-state index contributed by atoms with van der Waals surface area (Å²) in [6.07, 6.45) is 3.02. The van der Waals surface area contributed by atoms with E-state index in [1.807, 2.05) is 36.1 Å². The van der Waals surface area contributed by atoms with Crippen LogP contribution in [0.1, 0.15) is 54.7 Å². The van der Waals surface area contributed by atoms with Gasteiger partial charge in [-0.2, -0.15) is 0 Å². The lowest BCUT2D eigenvalue weighted by Gasteiger charge is -2.33. The number of methoxy groups -OCH3 is 1. The van der Waals surface area contributed by atoms with Crippen molar-refractivity contribution in [3.05, 3.63) is 46.9 Å². The highest BCUT2D eigenvalue weighted by Gasteiger charge is 2.31. The summed E-state index contributed by atoms with van der Waals surface area (Å²) in [5.74, 6) is 2.48. The number of amides is 2. The lowest BCUT2D eigenvalue weighted by molar-refractivity contribution is -0.130. The number of hydrogen-bond donors (Lipinski definition) is 0. The van der Waals surface area contributed by atoms with Gasteiger partial charge in [-0.05, 0) is 43.9 Å². The molecule has 0 spiro atoms. The number of carbonyl (C=O) groups excluding carboxylic acids is 2. The van der Waals surface area contributed by atoms with Crippen LogP contribution in [-0.2, 0) is 22.6 Å². The maximum atomic E-state index is 12.8. The summed E-state index contributed by atoms with van der Waals surface area (Å²) in [7, 11) is 1.64. The van der Waals surface area contributed by atoms with Crippen LogP contribution in [-0.4, -0.2) is 46.9 Å². The third kappa shape index (κ3) is 4.01. The molecular weight excluding hydrogens is 380 g/mol. The topological polar surface area (TPSA) is 75.6 Å². The van der Waals surface area contributed by atoms with E-state index in [1.165, 1.54) is 0 Å². The van der Waals surface area contributed by atoms with Gasteiger partial charge < -0.3 is 9.64 Å². The van der Waals surface area contributed by atoms with Crippen molar-refractivity contribution in [1.82, 2.24) is 14.9 Å². The Hall–Kier alpha value is -2.96. The number of rotatable bonds is 4. The zero-order chi connectivity index (χ0) is 21.3. The number of likely N-dealkylation sites (tertiary alicyclic amines) is 1. The number of carbonyl (C=O) groups is 2. The second-order valence-corrected chi connectivity index (χ2v) is 8.10. The van der Waals surface area contributed by atoms with Crippen LogP contribution >= 0.6 is 0 Å². The summed E-state index contributed by atoms with van der Waals surface area (Å²) in [6.45, 7) is 5.47. The van der Waals surface area contributed by atoms with Crippen LogP contribution in [0.2, 0.25) is 0 Å². The molecular formula is C23H28N4O3. The van der Waals surface area contributed by atoms with Gasteiger partial charge in [0.05, 0.1) is 13.7 Å². The van der Waals surface area contributed by atoms with Crippen LogP contribution in [0.25, 0.3) is 0 Å². The molecule has 4 rings (SSSR count). The Bertz CT molecular complexity index is 975. The first-order chi connectivity index (χ1) is 14.5. The van der Waals surface area contributed by atoms with E-state index in [-0.39, 0.29) is 17.7 Å². The summed E-state index contributed by atoms with van der Waals surface area (Å²) in [5, 5.41) is 0. The van der Waals surface area contributed by atoms with Gasteiger partial charge in [0, 0.05) is 43.6 Å². The quantitative estimate of drug-likeness (QED) is 0.777. The Labute approximate surface area is 177 Å². The molecule has 30 heavy (non-hydrogen) atoms. The lowest BCUT2D eigenvalue weighted by atomic mass is 9.96. The van der Waals surface area contributed by atoms with Gasteiger partial charge in [-0.3, -0.25) is 14.5 Å². The maximum absolute atomic E-state index is 12.8. The highest BCUT2D eigenvalue weighted by Crippen LogP contribution is 2.33. The Morgan fingerprint density at radius 1 is 1.27 bits per heavy atom. The number of hydrogen-bond acceptors (Lipinski definition) is 5. The number of aromatic nitrogens is 2. The number of aryl methyl sites for hydroxylation is 1. The van der Waals surface area contributed by atoms with Crippen LogP contribution in [0.15, 0.2) is 24.3 Å². The van der Waals surface area contributed by atoms with E-state index in [0.29, 0.717) is 25.9 Å². The number of ether oxygens (including phenoxy) is 1. The molecule has 2 aromatic rings. The largest absolute Gasteiger partial charge is 0.497 e. The molecule has 1 atom stereocenters. The zero-order valence-corrected chi connectivity index (χ0v) is 17.9. The molecule has 2 amide bonds. The minimum atomic E-state index is 0.0726. The van der Waals surface area contributed by atoms with E-state index in [9.17, 15) is 9.59 Å². The van der Waals surface area contributed by atoms with Gasteiger partial charge in [-0.25, -0.2) is 9.97 Å². The third-order valence-electron chi connectivity index (χ3n) is 6.06. The first-order valence-electron chi connectivity index (χ1n) is 10.5. The van der Waals surface area contributed by atoms with Gasteiger partial charge in [0.2, 0.25) is 11.8 Å². The molecule has 1 unspecified atom stereocenters. The Balaban J connectivity index is 1.67. The van der Waals surface area contributed by atoms with Gasteiger partial charge in [-0.15, -0.1) is 0 Å². The molecule has 0 N–H and O–H groups in total. The van der Waals surface area contributed by atoms with Crippen molar-refractivity contribution in [3.8, 4) is 5.75 Å². The van der Waals surface area contributed by atoms with E-state index in [0.717, 1.165) is 53.6 Å². The molecule has 0 saturated carbocycles. The molecule has 1 aromatic carbocycles. The fourth-order valence-corrected chi connectivity index (χ4v) is 4.38. The number of piperidine rings is 1. The molecule has 1 aromatic heterocycles. The molecule has 0 aliphatic carbocycles. The molecule has 1 fully saturated rings. The normalized spacial score (nSPS) is 18.9. The van der Waals surface area contributed by atoms with Crippen molar-refractivity contribution in [1.29, 1.82) is 0 Å². The number of benzene rings is 1. The van der Waals surface area contributed by atoms with Crippen LogP contribution in [0.3, 0.4) is 0 Å². The van der Waals surface area contributed by atoms with Crippen molar-refractivity contribution in [2.75, 3.05) is 25.1 Å². The van der Waals surface area contributed by atoms with E-state index in [1.54, 1.807) is 18.9 Å². The predicted octanol–water partition coefficient (Wildman–Crippen LogP) is 3.00. The van der Waals surface area contributed by atoms with Crippen LogP contribution < -0.4 is 9.64 Å². The monoisotopic (exact) mass is 408 g/mol. The van der Waals surface area contributed by atoms with Crippen molar-refractivity contribution in [2.45, 2.75) is 52.0 Å². The molecule has 1 saturated heterocycles. The van der Waals surface area contributed by atoms with Crippen LogP contribution in [0.4, 0.5) is 5.82 Å². The molecule has 7 heteroatoms. The van der Waals surface area contributed by atoms with Crippen molar-refractivity contribution in [3.63, 3.8) is 0 Å². The lowest BCUT2D eigenvalue weighted by Crippen LogP contribution is -2.39. The smallest absolute Gasteiger partial charge is 0.228 e. The SMILES string of the molecule is COc1cccc(CN2C(=O)CCc3c(C)nc(C4CCCN(C(C)=O)C4)nc32)c1. The average molecular weight is 409 g/mol. The van der Waals surface area contributed by atoms with Gasteiger partial charge in [-0.1, -0.05) is 12.1 Å². The van der Waals surface area contributed by atoms with Gasteiger partial charge >= 0.3 is 0 Å². The molecule has 158 valence electrons. The summed E-state index contributed by atoms with van der Waals surface area (Å²) >= 11 is 0. The average Bonchev–Trinajstić information content (AvgIpc) is 2.76. The van der Waals surface area contributed by atoms with Gasteiger partial charge in [0.25, 0.3) is 0 Å². The van der Waals surface area contributed by atoms with Crippen molar-refractivity contribution in [2.24, 2.45) is 0 Å². The first-order valence-corrected chi connectivity index (χ1v) is 10.5. The van der Waals surface area contributed by atoms with E-state index in [2.05, 4.69) is 0 Å². The third-order valence-corrected chi connectivity index (χ3v) is 6.06. The highest BCUT2D eigenvalue weighted by molar-refractivity contribution is 5.95. The van der Waals surface area contributed by atoms with Gasteiger partial charge in [0.15, 0.2) is 0 Å². The van der Waals surface area contributed by atoms with Crippen LogP contribution in [0, 0.1) is 6.92 Å². The second kappa shape index (κ2) is 8.42.